The summed E-state index contributed by atoms with van der Waals surface area (Å²) in [6.45, 7) is 3.95. The molecule has 9 heteroatoms. The Morgan fingerprint density at radius 1 is 0.929 bits per heavy atom. The number of amides is 2. The highest BCUT2D eigenvalue weighted by molar-refractivity contribution is 7.09. The van der Waals surface area contributed by atoms with E-state index in [1.165, 1.54) is 0 Å². The molecule has 0 saturated heterocycles. The molecular formula is C33H36N4O4S. The Kier molecular flexibility index (Phi) is 8.77. The van der Waals surface area contributed by atoms with Crippen molar-refractivity contribution in [1.29, 1.82) is 0 Å². The van der Waals surface area contributed by atoms with Gasteiger partial charge in [0.05, 0.1) is 19.9 Å². The van der Waals surface area contributed by atoms with E-state index in [1.54, 1.807) is 31.3 Å². The first-order chi connectivity index (χ1) is 20.3. The highest BCUT2D eigenvalue weighted by Crippen LogP contribution is 2.37. The summed E-state index contributed by atoms with van der Waals surface area (Å²) in [6, 6.07) is 19.6. The van der Waals surface area contributed by atoms with Crippen molar-refractivity contribution in [3.05, 3.63) is 88.3 Å². The fraction of sp³-hybridized carbons (Fsp3) is 0.303. The lowest BCUT2D eigenvalue weighted by Gasteiger charge is -2.32. The number of benzene rings is 3. The fourth-order valence-corrected chi connectivity index (χ4v) is 6.30. The highest BCUT2D eigenvalue weighted by atomic mass is 32.1. The van der Waals surface area contributed by atoms with Crippen molar-refractivity contribution in [1.82, 2.24) is 9.69 Å². The molecule has 1 atom stereocenters. The summed E-state index contributed by atoms with van der Waals surface area (Å²) < 4.78 is 15.2. The molecule has 2 amide bonds. The number of ether oxygens (including phenoxy) is 2. The van der Waals surface area contributed by atoms with Gasteiger partial charge in [0.1, 0.15) is 28.1 Å². The maximum Gasteiger partial charge on any atom is 0.273 e. The lowest BCUT2D eigenvalue weighted by atomic mass is 10.0. The summed E-state index contributed by atoms with van der Waals surface area (Å²) in [5.74, 6) is 0.740. The number of aryl methyl sites for hydroxylation is 2. The standard InChI is InChI=1S/C33H36N4O4S/c1-20-17-21(2)19-25(18-20)37(33(39)31-28(34)29(36-42-31)22-9-13-26(40-3)14-10-22)30(23-11-15-27(41-4)16-12-23)32(38)35-24-7-5-6-8-24/h9-19,24,30H,5-8,34H2,1-4H3,(H,35,38)/t30-/m1/s1. The van der Waals surface area contributed by atoms with Crippen LogP contribution >= 0.6 is 11.5 Å². The van der Waals surface area contributed by atoms with Gasteiger partial charge in [-0.05, 0) is 103 Å². The van der Waals surface area contributed by atoms with E-state index in [9.17, 15) is 9.59 Å². The molecule has 8 nitrogen and oxygen atoms in total. The number of nitrogens with one attached hydrogen (secondary N) is 1. The molecule has 4 aromatic rings. The smallest absolute Gasteiger partial charge is 0.273 e. The Balaban J connectivity index is 1.63. The molecule has 42 heavy (non-hydrogen) atoms. The van der Waals surface area contributed by atoms with Gasteiger partial charge in [-0.15, -0.1) is 0 Å². The highest BCUT2D eigenvalue weighted by Gasteiger charge is 2.37. The van der Waals surface area contributed by atoms with Crippen LogP contribution in [0.25, 0.3) is 11.3 Å². The van der Waals surface area contributed by atoms with E-state index < -0.39 is 11.9 Å². The van der Waals surface area contributed by atoms with E-state index in [0.717, 1.165) is 53.9 Å². The van der Waals surface area contributed by atoms with Crippen LogP contribution in [0.3, 0.4) is 0 Å². The molecule has 5 rings (SSSR count). The molecule has 1 aliphatic rings. The normalized spacial score (nSPS) is 13.9. The number of anilines is 2. The van der Waals surface area contributed by atoms with E-state index in [0.29, 0.717) is 28.4 Å². The monoisotopic (exact) mass is 584 g/mol. The van der Waals surface area contributed by atoms with Crippen molar-refractivity contribution < 1.29 is 19.1 Å². The number of hydrogen-bond donors (Lipinski definition) is 2. The molecule has 1 aromatic heterocycles. The zero-order valence-electron chi connectivity index (χ0n) is 24.3. The lowest BCUT2D eigenvalue weighted by molar-refractivity contribution is -0.123. The molecule has 3 N–H and O–H groups in total. The third-order valence-electron chi connectivity index (χ3n) is 7.63. The summed E-state index contributed by atoms with van der Waals surface area (Å²) in [6.07, 6.45) is 3.99. The van der Waals surface area contributed by atoms with Crippen LogP contribution in [0.4, 0.5) is 11.4 Å². The van der Waals surface area contributed by atoms with E-state index in [1.807, 2.05) is 68.4 Å². The van der Waals surface area contributed by atoms with Gasteiger partial charge in [-0.25, -0.2) is 0 Å². The van der Waals surface area contributed by atoms with Gasteiger partial charge in [0.15, 0.2) is 0 Å². The predicted molar refractivity (Wildman–Crippen MR) is 167 cm³/mol. The van der Waals surface area contributed by atoms with Crippen LogP contribution in [0, 0.1) is 13.8 Å². The van der Waals surface area contributed by atoms with Crippen LogP contribution in [0.1, 0.15) is 58.1 Å². The minimum atomic E-state index is -0.948. The quantitative estimate of drug-likeness (QED) is 0.233. The minimum Gasteiger partial charge on any atom is -0.497 e. The molecule has 218 valence electrons. The Hall–Kier alpha value is -4.37. The number of hydrogen-bond acceptors (Lipinski definition) is 7. The molecular weight excluding hydrogens is 548 g/mol. The SMILES string of the molecule is COc1ccc(-c2nsc(C(=O)N(c3cc(C)cc(C)c3)[C@@H](C(=O)NC3CCCC3)c3ccc(OC)cc3)c2N)cc1. The topological polar surface area (TPSA) is 107 Å². The lowest BCUT2D eigenvalue weighted by Crippen LogP contribution is -2.46. The number of rotatable bonds is 9. The van der Waals surface area contributed by atoms with Crippen LogP contribution in [0.2, 0.25) is 0 Å². The number of nitrogen functional groups attached to an aromatic ring is 1. The van der Waals surface area contributed by atoms with Gasteiger partial charge in [0.2, 0.25) is 5.91 Å². The number of aromatic nitrogens is 1. The van der Waals surface area contributed by atoms with Crippen molar-refractivity contribution in [2.75, 3.05) is 24.9 Å². The average Bonchev–Trinajstić information content (AvgIpc) is 3.64. The number of methoxy groups -OCH3 is 2. The van der Waals surface area contributed by atoms with Gasteiger partial charge in [-0.2, -0.15) is 4.37 Å². The van der Waals surface area contributed by atoms with E-state index in [-0.39, 0.29) is 22.5 Å². The zero-order chi connectivity index (χ0) is 29.8. The Bertz CT molecular complexity index is 1540. The minimum absolute atomic E-state index is 0.0737. The summed E-state index contributed by atoms with van der Waals surface area (Å²) in [4.78, 5) is 30.6. The van der Waals surface area contributed by atoms with E-state index in [2.05, 4.69) is 9.69 Å². The Morgan fingerprint density at radius 2 is 1.50 bits per heavy atom. The van der Waals surface area contributed by atoms with Crippen molar-refractivity contribution in [2.45, 2.75) is 51.6 Å². The van der Waals surface area contributed by atoms with Crippen LogP contribution in [-0.2, 0) is 4.79 Å². The third-order valence-corrected chi connectivity index (χ3v) is 8.48. The Morgan fingerprint density at radius 3 is 2.07 bits per heavy atom. The second-order valence-corrected chi connectivity index (χ2v) is 11.5. The molecule has 3 aromatic carbocycles. The second kappa shape index (κ2) is 12.7. The second-order valence-electron chi connectivity index (χ2n) is 10.7. The van der Waals surface area contributed by atoms with Crippen LogP contribution in [0.15, 0.2) is 66.7 Å². The van der Waals surface area contributed by atoms with E-state index in [4.69, 9.17) is 15.2 Å². The molecule has 0 radical (unpaired) electrons. The first-order valence-corrected chi connectivity index (χ1v) is 14.8. The van der Waals surface area contributed by atoms with Crippen LogP contribution < -0.4 is 25.4 Å². The van der Waals surface area contributed by atoms with Gasteiger partial charge < -0.3 is 20.5 Å². The van der Waals surface area contributed by atoms with E-state index >= 15 is 0 Å². The van der Waals surface area contributed by atoms with Gasteiger partial charge >= 0.3 is 0 Å². The number of carbonyl (C=O) groups is 2. The van der Waals surface area contributed by atoms with Gasteiger partial charge in [-0.1, -0.05) is 31.0 Å². The first kappa shape index (κ1) is 29.1. The third kappa shape index (κ3) is 6.11. The molecule has 1 aliphatic carbocycles. The fourth-order valence-electron chi connectivity index (χ4n) is 5.55. The molecule has 0 aliphatic heterocycles. The van der Waals surface area contributed by atoms with Crippen molar-refractivity contribution in [3.63, 3.8) is 0 Å². The Labute approximate surface area is 250 Å². The van der Waals surface area contributed by atoms with Gasteiger partial charge in [0.25, 0.3) is 5.91 Å². The zero-order valence-corrected chi connectivity index (χ0v) is 25.2. The number of nitrogens with zero attached hydrogens (tertiary/aromatic N) is 2. The maximum absolute atomic E-state index is 14.6. The molecule has 0 unspecified atom stereocenters. The summed E-state index contributed by atoms with van der Waals surface area (Å²) in [5.41, 5.74) is 11.4. The van der Waals surface area contributed by atoms with Gasteiger partial charge in [-0.3, -0.25) is 14.5 Å². The van der Waals surface area contributed by atoms with Crippen molar-refractivity contribution >= 4 is 34.7 Å². The molecule has 1 saturated carbocycles. The average molecular weight is 585 g/mol. The number of nitrogens with two attached hydrogens (primary N) is 1. The predicted octanol–water partition coefficient (Wildman–Crippen LogP) is 6.47. The van der Waals surface area contributed by atoms with Gasteiger partial charge in [0, 0.05) is 17.3 Å². The van der Waals surface area contributed by atoms with Crippen molar-refractivity contribution in [3.8, 4) is 22.8 Å². The summed E-state index contributed by atoms with van der Waals surface area (Å²) in [7, 11) is 3.20. The van der Waals surface area contributed by atoms with Crippen LogP contribution in [-0.4, -0.2) is 36.4 Å². The van der Waals surface area contributed by atoms with Crippen LogP contribution in [0.5, 0.6) is 11.5 Å². The van der Waals surface area contributed by atoms with Crippen molar-refractivity contribution in [2.24, 2.45) is 0 Å². The molecule has 1 heterocycles. The largest absolute Gasteiger partial charge is 0.497 e. The molecule has 0 bridgehead atoms. The summed E-state index contributed by atoms with van der Waals surface area (Å²) >= 11 is 1.03. The summed E-state index contributed by atoms with van der Waals surface area (Å²) in [5, 5.41) is 3.23. The molecule has 1 fully saturated rings. The molecule has 0 spiro atoms. The first-order valence-electron chi connectivity index (χ1n) is 14.0. The number of carbonyl (C=O) groups excluding carboxylic acids is 2. The maximum atomic E-state index is 14.6.